The van der Waals surface area contributed by atoms with Crippen LogP contribution in [0.5, 0.6) is 0 Å². The van der Waals surface area contributed by atoms with Gasteiger partial charge in [-0.3, -0.25) is 9.89 Å². The molecule has 2 rings (SSSR count). The molecule has 1 saturated heterocycles. The predicted molar refractivity (Wildman–Crippen MR) is 106 cm³/mol. The van der Waals surface area contributed by atoms with E-state index in [0.29, 0.717) is 12.0 Å². The molecule has 1 atom stereocenters. The van der Waals surface area contributed by atoms with Crippen molar-refractivity contribution in [1.82, 2.24) is 15.5 Å². The molecule has 0 aliphatic carbocycles. The number of hydrogen-bond acceptors (Lipinski definition) is 3. The summed E-state index contributed by atoms with van der Waals surface area (Å²) in [6.07, 6.45) is 9.82. The van der Waals surface area contributed by atoms with Gasteiger partial charge in [-0.2, -0.15) is 0 Å². The molecule has 0 saturated carbocycles. The first kappa shape index (κ1) is 20.2. The first-order chi connectivity index (χ1) is 12.2. The van der Waals surface area contributed by atoms with E-state index in [1.165, 1.54) is 44.3 Å². The second kappa shape index (κ2) is 11.5. The Hall–Kier alpha value is -1.07. The first-order valence-electron chi connectivity index (χ1n) is 10.1. The van der Waals surface area contributed by atoms with Gasteiger partial charge in [-0.15, -0.1) is 0 Å². The Bertz CT molecular complexity index is 425. The summed E-state index contributed by atoms with van der Waals surface area (Å²) < 4.78 is 5.36. The lowest BCUT2D eigenvalue weighted by atomic mass is 10.0. The van der Waals surface area contributed by atoms with Gasteiger partial charge in [0, 0.05) is 26.2 Å². The van der Waals surface area contributed by atoms with Gasteiger partial charge in [0.25, 0.3) is 0 Å². The van der Waals surface area contributed by atoms with Crippen LogP contribution in [0.4, 0.5) is 0 Å². The van der Waals surface area contributed by atoms with E-state index in [4.69, 9.17) is 4.74 Å². The average molecular weight is 351 g/mol. The smallest absolute Gasteiger partial charge is 0.191 e. The monoisotopic (exact) mass is 350 g/mol. The fraction of sp³-hybridized carbons (Fsp3) is 0.850. The molecule has 2 aliphatic heterocycles. The molecule has 0 bridgehead atoms. The van der Waals surface area contributed by atoms with Gasteiger partial charge >= 0.3 is 0 Å². The van der Waals surface area contributed by atoms with Crippen molar-refractivity contribution >= 4 is 5.96 Å². The van der Waals surface area contributed by atoms with Gasteiger partial charge < -0.3 is 15.4 Å². The highest BCUT2D eigenvalue weighted by atomic mass is 16.5. The van der Waals surface area contributed by atoms with Gasteiger partial charge in [0.05, 0.1) is 13.2 Å². The Labute approximate surface area is 154 Å². The van der Waals surface area contributed by atoms with Crippen molar-refractivity contribution in [3.8, 4) is 0 Å². The second-order valence-electron chi connectivity index (χ2n) is 7.58. The average Bonchev–Trinajstić information content (AvgIpc) is 2.90. The third-order valence-electron chi connectivity index (χ3n) is 5.38. The minimum Gasteiger partial charge on any atom is -0.377 e. The summed E-state index contributed by atoms with van der Waals surface area (Å²) in [7, 11) is 1.86. The molecule has 2 aliphatic rings. The standard InChI is InChI=1S/C20H38N4O/c1-17(2)19(24-12-6-4-5-7-13-24)16-23-20(21-3)22-11-8-18-9-14-25-15-10-18/h9,17,19H,4-8,10-16H2,1-3H3,(H2,21,22,23). The molecule has 2 N–H and O–H groups in total. The molecule has 0 spiro atoms. The summed E-state index contributed by atoms with van der Waals surface area (Å²) >= 11 is 0. The van der Waals surface area contributed by atoms with Gasteiger partial charge in [-0.1, -0.05) is 38.3 Å². The summed E-state index contributed by atoms with van der Waals surface area (Å²) in [5, 5.41) is 7.02. The van der Waals surface area contributed by atoms with Crippen molar-refractivity contribution < 1.29 is 4.74 Å². The van der Waals surface area contributed by atoms with Gasteiger partial charge in [0.1, 0.15) is 0 Å². The minimum absolute atomic E-state index is 0.579. The Morgan fingerprint density at radius 3 is 2.56 bits per heavy atom. The number of likely N-dealkylation sites (tertiary alicyclic amines) is 1. The lowest BCUT2D eigenvalue weighted by Gasteiger charge is -2.34. The molecule has 1 fully saturated rings. The Kier molecular flexibility index (Phi) is 9.33. The maximum absolute atomic E-state index is 5.36. The van der Waals surface area contributed by atoms with Crippen LogP contribution < -0.4 is 10.6 Å². The van der Waals surface area contributed by atoms with Crippen molar-refractivity contribution in [2.24, 2.45) is 10.9 Å². The summed E-state index contributed by atoms with van der Waals surface area (Å²) in [5.41, 5.74) is 1.50. The van der Waals surface area contributed by atoms with Crippen LogP contribution in [-0.2, 0) is 4.74 Å². The van der Waals surface area contributed by atoms with E-state index in [1.54, 1.807) is 0 Å². The van der Waals surface area contributed by atoms with Gasteiger partial charge in [-0.25, -0.2) is 0 Å². The normalized spacial score (nSPS) is 21.6. The Morgan fingerprint density at radius 2 is 1.96 bits per heavy atom. The number of ether oxygens (including phenoxy) is 1. The minimum atomic E-state index is 0.579. The molecule has 0 amide bonds. The summed E-state index contributed by atoms with van der Waals surface area (Å²) in [6.45, 7) is 10.7. The van der Waals surface area contributed by atoms with Crippen molar-refractivity contribution in [3.05, 3.63) is 11.6 Å². The third kappa shape index (κ3) is 7.37. The molecule has 5 heteroatoms. The molecule has 0 aromatic heterocycles. The van der Waals surface area contributed by atoms with E-state index < -0.39 is 0 Å². The molecule has 2 heterocycles. The first-order valence-corrected chi connectivity index (χ1v) is 10.1. The number of guanidine groups is 1. The zero-order chi connectivity index (χ0) is 17.9. The molecule has 0 radical (unpaired) electrons. The van der Waals surface area contributed by atoms with Crippen LogP contribution in [0, 0.1) is 5.92 Å². The molecule has 5 nitrogen and oxygen atoms in total. The SMILES string of the molecule is CN=C(NCCC1=CCOCC1)NCC(C(C)C)N1CCCCCC1. The van der Waals surface area contributed by atoms with Crippen LogP contribution >= 0.6 is 0 Å². The second-order valence-corrected chi connectivity index (χ2v) is 7.58. The van der Waals surface area contributed by atoms with Crippen LogP contribution in [0.1, 0.15) is 52.4 Å². The molecule has 25 heavy (non-hydrogen) atoms. The van der Waals surface area contributed by atoms with Crippen LogP contribution in [-0.4, -0.2) is 63.3 Å². The molecule has 144 valence electrons. The lowest BCUT2D eigenvalue weighted by Crippen LogP contribution is -2.49. The molecule has 1 unspecified atom stereocenters. The molecular formula is C20H38N4O. The van der Waals surface area contributed by atoms with E-state index in [1.807, 2.05) is 7.05 Å². The van der Waals surface area contributed by atoms with Crippen LogP contribution in [0.2, 0.25) is 0 Å². The number of aliphatic imine (C=N–C) groups is 1. The number of nitrogens with zero attached hydrogens (tertiary/aromatic N) is 2. The molecular weight excluding hydrogens is 312 g/mol. The highest BCUT2D eigenvalue weighted by Crippen LogP contribution is 2.17. The van der Waals surface area contributed by atoms with E-state index in [0.717, 1.165) is 45.1 Å². The highest BCUT2D eigenvalue weighted by Gasteiger charge is 2.22. The van der Waals surface area contributed by atoms with E-state index in [9.17, 15) is 0 Å². The maximum atomic E-state index is 5.36. The predicted octanol–water partition coefficient (Wildman–Crippen LogP) is 2.79. The van der Waals surface area contributed by atoms with E-state index in [2.05, 4.69) is 40.4 Å². The maximum Gasteiger partial charge on any atom is 0.191 e. The largest absolute Gasteiger partial charge is 0.377 e. The Morgan fingerprint density at radius 1 is 1.20 bits per heavy atom. The van der Waals surface area contributed by atoms with Crippen LogP contribution in [0.3, 0.4) is 0 Å². The highest BCUT2D eigenvalue weighted by molar-refractivity contribution is 5.79. The van der Waals surface area contributed by atoms with Crippen molar-refractivity contribution in [2.45, 2.75) is 58.4 Å². The summed E-state index contributed by atoms with van der Waals surface area (Å²) in [5.74, 6) is 1.57. The number of rotatable bonds is 7. The topological polar surface area (TPSA) is 48.9 Å². The van der Waals surface area contributed by atoms with Crippen molar-refractivity contribution in [2.75, 3.05) is 46.4 Å². The number of nitrogens with one attached hydrogen (secondary N) is 2. The Balaban J connectivity index is 1.75. The van der Waals surface area contributed by atoms with Crippen LogP contribution in [0.15, 0.2) is 16.6 Å². The summed E-state index contributed by atoms with van der Waals surface area (Å²) in [4.78, 5) is 7.08. The van der Waals surface area contributed by atoms with Gasteiger partial charge in [-0.05, 0) is 44.7 Å². The van der Waals surface area contributed by atoms with Gasteiger partial charge in [0.15, 0.2) is 5.96 Å². The number of hydrogen-bond donors (Lipinski definition) is 2. The fourth-order valence-corrected chi connectivity index (χ4v) is 3.77. The quantitative estimate of drug-likeness (QED) is 0.421. The fourth-order valence-electron chi connectivity index (χ4n) is 3.77. The van der Waals surface area contributed by atoms with E-state index >= 15 is 0 Å². The van der Waals surface area contributed by atoms with E-state index in [-0.39, 0.29) is 0 Å². The van der Waals surface area contributed by atoms with Crippen molar-refractivity contribution in [1.29, 1.82) is 0 Å². The van der Waals surface area contributed by atoms with Gasteiger partial charge in [0.2, 0.25) is 0 Å². The van der Waals surface area contributed by atoms with Crippen molar-refractivity contribution in [3.63, 3.8) is 0 Å². The molecule has 0 aromatic carbocycles. The molecule has 0 aromatic rings. The van der Waals surface area contributed by atoms with Crippen LogP contribution in [0.25, 0.3) is 0 Å². The lowest BCUT2D eigenvalue weighted by molar-refractivity contribution is 0.153. The zero-order valence-corrected chi connectivity index (χ0v) is 16.5. The third-order valence-corrected chi connectivity index (χ3v) is 5.38. The summed E-state index contributed by atoms with van der Waals surface area (Å²) in [6, 6.07) is 0.579. The zero-order valence-electron chi connectivity index (χ0n) is 16.5.